The molecule has 1 heterocycles. The molecule has 0 saturated carbocycles. The highest BCUT2D eigenvalue weighted by molar-refractivity contribution is 5.37. The van der Waals surface area contributed by atoms with E-state index in [1.54, 1.807) is 6.07 Å². The number of hydrogen-bond donors (Lipinski definition) is 1. The number of rotatable bonds is 3. The third kappa shape index (κ3) is 2.43. The number of aromatic nitrogens is 2. The zero-order valence-corrected chi connectivity index (χ0v) is 10.9. The van der Waals surface area contributed by atoms with Crippen molar-refractivity contribution in [1.82, 2.24) is 10.2 Å². The van der Waals surface area contributed by atoms with Gasteiger partial charge in [-0.1, -0.05) is 6.07 Å². The van der Waals surface area contributed by atoms with Crippen LogP contribution in [0.3, 0.4) is 0 Å². The van der Waals surface area contributed by atoms with E-state index < -0.39 is 5.82 Å². The normalized spacial score (nSPS) is 17.5. The highest BCUT2D eigenvalue weighted by Crippen LogP contribution is 2.31. The van der Waals surface area contributed by atoms with Gasteiger partial charge < -0.3 is 4.74 Å². The lowest BCUT2D eigenvalue weighted by molar-refractivity contribution is 0.0253. The van der Waals surface area contributed by atoms with Gasteiger partial charge in [-0.15, -0.1) is 0 Å². The van der Waals surface area contributed by atoms with Gasteiger partial charge in [-0.25, -0.2) is 4.39 Å². The monoisotopic (exact) mass is 271 g/mol. The Kier molecular flexibility index (Phi) is 3.48. The van der Waals surface area contributed by atoms with Gasteiger partial charge in [0.15, 0.2) is 0 Å². The Morgan fingerprint density at radius 2 is 2.40 bits per heavy atom. The summed E-state index contributed by atoms with van der Waals surface area (Å²) in [5.74, 6) is -0.404. The molecule has 3 rings (SSSR count). The van der Waals surface area contributed by atoms with Crippen molar-refractivity contribution in [2.45, 2.75) is 32.0 Å². The van der Waals surface area contributed by atoms with Crippen LogP contribution in [0.25, 0.3) is 0 Å². The molecular weight excluding hydrogens is 257 g/mol. The Balaban J connectivity index is 1.74. The molecule has 0 aliphatic heterocycles. The molecule has 5 heteroatoms. The van der Waals surface area contributed by atoms with E-state index in [-0.39, 0.29) is 6.10 Å². The molecule has 1 aromatic carbocycles. The maximum atomic E-state index is 13.1. The molecule has 0 bridgehead atoms. The fourth-order valence-electron chi connectivity index (χ4n) is 2.56. The lowest BCUT2D eigenvalue weighted by Crippen LogP contribution is -2.12. The van der Waals surface area contributed by atoms with E-state index in [0.29, 0.717) is 17.7 Å². The number of benzene rings is 1. The first-order chi connectivity index (χ1) is 9.78. The zero-order chi connectivity index (χ0) is 13.9. The number of nitrogens with zero attached hydrogens (tertiary/aromatic N) is 2. The standard InChI is InChI=1S/C15H14FN3O/c16-13-5-4-11(12(6-13)7-17)9-20-14-3-1-2-10-8-18-19-15(10)14/h4-6,8,14H,1-3,9H2,(H,18,19)/t14-/m1/s1. The Morgan fingerprint density at radius 3 is 3.25 bits per heavy atom. The van der Waals surface area contributed by atoms with Gasteiger partial charge in [-0.2, -0.15) is 10.4 Å². The van der Waals surface area contributed by atoms with Gasteiger partial charge in [0.1, 0.15) is 5.82 Å². The van der Waals surface area contributed by atoms with Crippen molar-refractivity contribution in [3.8, 4) is 6.07 Å². The summed E-state index contributed by atoms with van der Waals surface area (Å²) < 4.78 is 19.0. The second-order valence-electron chi connectivity index (χ2n) is 4.91. The third-order valence-electron chi connectivity index (χ3n) is 3.62. The summed E-state index contributed by atoms with van der Waals surface area (Å²) in [6.07, 6.45) is 4.82. The topological polar surface area (TPSA) is 61.7 Å². The molecule has 102 valence electrons. The van der Waals surface area contributed by atoms with Crippen LogP contribution in [0.5, 0.6) is 0 Å². The largest absolute Gasteiger partial charge is 0.367 e. The average molecular weight is 271 g/mol. The Morgan fingerprint density at radius 1 is 1.50 bits per heavy atom. The molecule has 20 heavy (non-hydrogen) atoms. The molecule has 1 N–H and O–H groups in total. The zero-order valence-electron chi connectivity index (χ0n) is 10.9. The van der Waals surface area contributed by atoms with E-state index in [2.05, 4.69) is 10.2 Å². The summed E-state index contributed by atoms with van der Waals surface area (Å²) in [5.41, 5.74) is 3.25. The lowest BCUT2D eigenvalue weighted by Gasteiger charge is -2.22. The van der Waals surface area contributed by atoms with Crippen molar-refractivity contribution in [2.75, 3.05) is 0 Å². The average Bonchev–Trinajstić information content (AvgIpc) is 2.94. The van der Waals surface area contributed by atoms with E-state index in [1.165, 1.54) is 17.7 Å². The molecular formula is C15H14FN3O. The van der Waals surface area contributed by atoms with Gasteiger partial charge in [0.05, 0.1) is 36.2 Å². The summed E-state index contributed by atoms with van der Waals surface area (Å²) in [6.45, 7) is 0.298. The smallest absolute Gasteiger partial charge is 0.124 e. The minimum atomic E-state index is -0.404. The molecule has 0 saturated heterocycles. The van der Waals surface area contributed by atoms with Crippen molar-refractivity contribution in [1.29, 1.82) is 5.26 Å². The first-order valence-electron chi connectivity index (χ1n) is 6.60. The molecule has 0 radical (unpaired) electrons. The van der Waals surface area contributed by atoms with E-state index >= 15 is 0 Å². The van der Waals surface area contributed by atoms with Gasteiger partial charge in [0.2, 0.25) is 0 Å². The minimum Gasteiger partial charge on any atom is -0.367 e. The molecule has 1 aliphatic carbocycles. The second kappa shape index (κ2) is 5.43. The Hall–Kier alpha value is -2.19. The third-order valence-corrected chi connectivity index (χ3v) is 3.62. The van der Waals surface area contributed by atoms with Crippen LogP contribution in [0, 0.1) is 17.1 Å². The Labute approximate surface area is 116 Å². The quantitative estimate of drug-likeness (QED) is 0.933. The molecule has 0 fully saturated rings. The van der Waals surface area contributed by atoms with Crippen LogP contribution < -0.4 is 0 Å². The van der Waals surface area contributed by atoms with Gasteiger partial charge in [0, 0.05) is 0 Å². The SMILES string of the molecule is N#Cc1cc(F)ccc1CO[C@@H]1CCCc2cn[nH]c21. The van der Waals surface area contributed by atoms with Crippen molar-refractivity contribution >= 4 is 0 Å². The maximum absolute atomic E-state index is 13.1. The maximum Gasteiger partial charge on any atom is 0.124 e. The Bertz CT molecular complexity index is 659. The second-order valence-corrected chi connectivity index (χ2v) is 4.91. The molecule has 4 nitrogen and oxygen atoms in total. The van der Waals surface area contributed by atoms with Gasteiger partial charge in [-0.05, 0) is 42.5 Å². The summed E-state index contributed by atoms with van der Waals surface area (Å²) in [5, 5.41) is 16.0. The van der Waals surface area contributed by atoms with Crippen LogP contribution in [0.15, 0.2) is 24.4 Å². The molecule has 2 aromatic rings. The molecule has 1 aliphatic rings. The number of halogens is 1. The number of aryl methyl sites for hydroxylation is 1. The van der Waals surface area contributed by atoms with Crippen molar-refractivity contribution in [3.63, 3.8) is 0 Å². The van der Waals surface area contributed by atoms with Crippen molar-refractivity contribution in [2.24, 2.45) is 0 Å². The van der Waals surface area contributed by atoms with Gasteiger partial charge in [-0.3, -0.25) is 5.10 Å². The molecule has 1 atom stereocenters. The fraction of sp³-hybridized carbons (Fsp3) is 0.333. The molecule has 0 amide bonds. The molecule has 1 aromatic heterocycles. The van der Waals surface area contributed by atoms with E-state index in [4.69, 9.17) is 10.00 Å². The fourth-order valence-corrected chi connectivity index (χ4v) is 2.56. The number of nitrogens with one attached hydrogen (secondary N) is 1. The number of aromatic amines is 1. The number of H-pyrrole nitrogens is 1. The van der Waals surface area contributed by atoms with Crippen molar-refractivity contribution in [3.05, 3.63) is 52.6 Å². The predicted molar refractivity (Wildman–Crippen MR) is 70.2 cm³/mol. The van der Waals surface area contributed by atoms with E-state index in [9.17, 15) is 4.39 Å². The number of hydrogen-bond acceptors (Lipinski definition) is 3. The lowest BCUT2D eigenvalue weighted by atomic mass is 9.95. The first-order valence-corrected chi connectivity index (χ1v) is 6.60. The van der Waals surface area contributed by atoms with Crippen LogP contribution >= 0.6 is 0 Å². The van der Waals surface area contributed by atoms with Crippen LogP contribution in [0.2, 0.25) is 0 Å². The number of fused-ring (bicyclic) bond motifs is 1. The van der Waals surface area contributed by atoms with Crippen molar-refractivity contribution < 1.29 is 9.13 Å². The van der Waals surface area contributed by atoms with Gasteiger partial charge in [0.25, 0.3) is 0 Å². The van der Waals surface area contributed by atoms with E-state index in [0.717, 1.165) is 25.0 Å². The summed E-state index contributed by atoms with van der Waals surface area (Å²) >= 11 is 0. The van der Waals surface area contributed by atoms with Crippen LogP contribution in [0.1, 0.15) is 41.3 Å². The highest BCUT2D eigenvalue weighted by atomic mass is 19.1. The highest BCUT2D eigenvalue weighted by Gasteiger charge is 2.22. The van der Waals surface area contributed by atoms with Crippen LogP contribution in [-0.2, 0) is 17.8 Å². The van der Waals surface area contributed by atoms with Crippen LogP contribution in [-0.4, -0.2) is 10.2 Å². The molecule has 0 spiro atoms. The molecule has 0 unspecified atom stereocenters. The number of nitriles is 1. The first kappa shape index (κ1) is 12.8. The number of ether oxygens (including phenoxy) is 1. The summed E-state index contributed by atoms with van der Waals surface area (Å²) in [4.78, 5) is 0. The summed E-state index contributed by atoms with van der Waals surface area (Å²) in [6, 6.07) is 6.19. The van der Waals surface area contributed by atoms with Gasteiger partial charge >= 0.3 is 0 Å². The predicted octanol–water partition coefficient (Wildman–Crippen LogP) is 3.01. The minimum absolute atomic E-state index is 0.0298. The summed E-state index contributed by atoms with van der Waals surface area (Å²) in [7, 11) is 0. The van der Waals surface area contributed by atoms with Crippen LogP contribution in [0.4, 0.5) is 4.39 Å². The van der Waals surface area contributed by atoms with E-state index in [1.807, 2.05) is 12.3 Å².